The lowest BCUT2D eigenvalue weighted by Crippen LogP contribution is -2.39. The number of aryl methyl sites for hydroxylation is 1. The largest absolute Gasteiger partial charge is 0.497 e. The molecule has 3 aromatic rings. The van der Waals surface area contributed by atoms with Crippen molar-refractivity contribution in [1.29, 1.82) is 0 Å². The molecule has 1 N–H and O–H groups in total. The van der Waals surface area contributed by atoms with Gasteiger partial charge in [0.15, 0.2) is 0 Å². The van der Waals surface area contributed by atoms with Crippen LogP contribution in [0.25, 0.3) is 5.70 Å². The number of hydrazine groups is 1. The third kappa shape index (κ3) is 4.02. The quantitative estimate of drug-likeness (QED) is 0.624. The van der Waals surface area contributed by atoms with Crippen molar-refractivity contribution in [2.45, 2.75) is 17.9 Å². The fourth-order valence-corrected chi connectivity index (χ4v) is 4.97. The Morgan fingerprint density at radius 1 is 0.903 bits per heavy atom. The van der Waals surface area contributed by atoms with Gasteiger partial charge in [-0.2, -0.15) is 0 Å². The van der Waals surface area contributed by atoms with Gasteiger partial charge in [-0.05, 0) is 48.9 Å². The molecule has 0 bridgehead atoms. The van der Waals surface area contributed by atoms with Crippen molar-refractivity contribution in [2.75, 3.05) is 14.2 Å². The summed E-state index contributed by atoms with van der Waals surface area (Å²) in [5.74, 6) is 1.19. The van der Waals surface area contributed by atoms with Crippen molar-refractivity contribution in [3.05, 3.63) is 95.6 Å². The Bertz CT molecular complexity index is 1210. The molecule has 0 unspecified atom stereocenters. The minimum absolute atomic E-state index is 0.202. The molecule has 0 radical (unpaired) electrons. The second-order valence-electron chi connectivity index (χ2n) is 7.22. The second kappa shape index (κ2) is 8.45. The molecule has 6 nitrogen and oxygen atoms in total. The van der Waals surface area contributed by atoms with Gasteiger partial charge in [-0.15, -0.1) is 4.41 Å². The van der Waals surface area contributed by atoms with E-state index in [9.17, 15) is 8.42 Å². The molecule has 0 amide bonds. The Hall–Kier alpha value is -3.29. The van der Waals surface area contributed by atoms with Gasteiger partial charge in [-0.3, -0.25) is 0 Å². The van der Waals surface area contributed by atoms with Crippen LogP contribution in [0.15, 0.2) is 83.8 Å². The van der Waals surface area contributed by atoms with E-state index in [2.05, 4.69) is 5.43 Å². The lowest BCUT2D eigenvalue weighted by atomic mass is 10.0. The third-order valence-corrected chi connectivity index (χ3v) is 6.93. The van der Waals surface area contributed by atoms with Gasteiger partial charge >= 0.3 is 0 Å². The maximum atomic E-state index is 13.6. The molecule has 0 fully saturated rings. The summed E-state index contributed by atoms with van der Waals surface area (Å²) in [5.41, 5.74) is 6.51. The second-order valence-corrected chi connectivity index (χ2v) is 9.04. The number of nitrogens with zero attached hydrogens (tertiary/aromatic N) is 1. The zero-order chi connectivity index (χ0) is 22.0. The standard InChI is InChI=1S/C24H24N2O4S/c1-17-9-11-18(12-10-17)22-16-23(21-15-19(29-2)13-14-24(21)30-3)26(25-22)31(27,28)20-7-5-4-6-8-20/h4-16,23,25H,1-3H3/t23-/m0/s1. The van der Waals surface area contributed by atoms with Gasteiger partial charge in [0.05, 0.1) is 30.9 Å². The van der Waals surface area contributed by atoms with E-state index in [-0.39, 0.29) is 4.90 Å². The monoisotopic (exact) mass is 436 g/mol. The maximum absolute atomic E-state index is 13.6. The Morgan fingerprint density at radius 3 is 2.26 bits per heavy atom. The molecule has 31 heavy (non-hydrogen) atoms. The third-order valence-electron chi connectivity index (χ3n) is 5.23. The Kier molecular flexibility index (Phi) is 5.71. The van der Waals surface area contributed by atoms with E-state index in [1.54, 1.807) is 62.8 Å². The van der Waals surface area contributed by atoms with E-state index in [4.69, 9.17) is 9.47 Å². The summed E-state index contributed by atoms with van der Waals surface area (Å²) in [5, 5.41) is 0. The molecule has 1 atom stereocenters. The number of hydrogen-bond acceptors (Lipinski definition) is 5. The van der Waals surface area contributed by atoms with Gasteiger partial charge in [-0.1, -0.05) is 48.0 Å². The highest BCUT2D eigenvalue weighted by Crippen LogP contribution is 2.40. The predicted octanol–water partition coefficient (Wildman–Crippen LogP) is 4.30. The molecule has 0 aromatic heterocycles. The SMILES string of the molecule is COc1ccc(OC)c([C@@H]2C=C(c3ccc(C)cc3)NN2S(=O)(=O)c2ccccc2)c1. The molecule has 1 heterocycles. The van der Waals surface area contributed by atoms with Crippen molar-refractivity contribution in [2.24, 2.45) is 0 Å². The van der Waals surface area contributed by atoms with E-state index in [0.717, 1.165) is 11.1 Å². The summed E-state index contributed by atoms with van der Waals surface area (Å²) in [7, 11) is -0.718. The first-order valence-corrected chi connectivity index (χ1v) is 11.2. The van der Waals surface area contributed by atoms with Crippen LogP contribution < -0.4 is 14.9 Å². The molecule has 0 aliphatic carbocycles. The summed E-state index contributed by atoms with van der Waals surface area (Å²) in [4.78, 5) is 0.202. The Morgan fingerprint density at radius 2 is 1.61 bits per heavy atom. The molecule has 0 spiro atoms. The van der Waals surface area contributed by atoms with E-state index in [1.807, 2.05) is 37.3 Å². The minimum Gasteiger partial charge on any atom is -0.497 e. The van der Waals surface area contributed by atoms with Crippen LogP contribution in [-0.4, -0.2) is 27.1 Å². The summed E-state index contributed by atoms with van der Waals surface area (Å²) >= 11 is 0. The highest BCUT2D eigenvalue weighted by molar-refractivity contribution is 7.89. The minimum atomic E-state index is -3.86. The van der Waals surface area contributed by atoms with Crippen molar-refractivity contribution >= 4 is 15.7 Å². The normalized spacial score (nSPS) is 16.5. The fraction of sp³-hybridized carbons (Fsp3) is 0.167. The number of rotatable bonds is 6. The van der Waals surface area contributed by atoms with Gasteiger partial charge in [0.25, 0.3) is 10.0 Å². The average molecular weight is 437 g/mol. The number of nitrogens with one attached hydrogen (secondary N) is 1. The molecule has 4 rings (SSSR count). The van der Waals surface area contributed by atoms with Crippen LogP contribution in [0.2, 0.25) is 0 Å². The zero-order valence-corrected chi connectivity index (χ0v) is 18.4. The topological polar surface area (TPSA) is 67.9 Å². The van der Waals surface area contributed by atoms with E-state index >= 15 is 0 Å². The maximum Gasteiger partial charge on any atom is 0.260 e. The fourth-order valence-electron chi connectivity index (χ4n) is 3.55. The van der Waals surface area contributed by atoms with Crippen molar-refractivity contribution in [3.63, 3.8) is 0 Å². The van der Waals surface area contributed by atoms with Crippen LogP contribution in [0.5, 0.6) is 11.5 Å². The van der Waals surface area contributed by atoms with Gasteiger partial charge < -0.3 is 14.9 Å². The number of hydrogen-bond donors (Lipinski definition) is 1. The highest BCUT2D eigenvalue weighted by Gasteiger charge is 2.38. The van der Waals surface area contributed by atoms with E-state index < -0.39 is 16.1 Å². The number of benzene rings is 3. The predicted molar refractivity (Wildman–Crippen MR) is 120 cm³/mol. The lowest BCUT2D eigenvalue weighted by Gasteiger charge is -2.26. The van der Waals surface area contributed by atoms with Crippen LogP contribution in [-0.2, 0) is 10.0 Å². The first kappa shape index (κ1) is 21.0. The summed E-state index contributed by atoms with van der Waals surface area (Å²) in [6, 6.07) is 21.0. The number of methoxy groups -OCH3 is 2. The van der Waals surface area contributed by atoms with Crippen LogP contribution in [0.3, 0.4) is 0 Å². The summed E-state index contributed by atoms with van der Waals surface area (Å²) < 4.78 is 39.3. The van der Waals surface area contributed by atoms with Crippen LogP contribution in [0.1, 0.15) is 22.7 Å². The molecule has 160 valence electrons. The summed E-state index contributed by atoms with van der Waals surface area (Å²) in [6.07, 6.45) is 1.89. The first-order chi connectivity index (χ1) is 14.9. The van der Waals surface area contributed by atoms with Gasteiger partial charge in [0.1, 0.15) is 11.5 Å². The smallest absolute Gasteiger partial charge is 0.260 e. The molecular formula is C24H24N2O4S. The zero-order valence-electron chi connectivity index (χ0n) is 17.6. The molecule has 1 aliphatic heterocycles. The summed E-state index contributed by atoms with van der Waals surface area (Å²) in [6.45, 7) is 2.01. The van der Waals surface area contributed by atoms with Crippen LogP contribution in [0, 0.1) is 6.92 Å². The molecular weight excluding hydrogens is 412 g/mol. The molecule has 7 heteroatoms. The molecule has 3 aromatic carbocycles. The van der Waals surface area contributed by atoms with Gasteiger partial charge in [0, 0.05) is 5.56 Å². The van der Waals surface area contributed by atoms with E-state index in [1.165, 1.54) is 4.41 Å². The average Bonchev–Trinajstić information content (AvgIpc) is 3.26. The van der Waals surface area contributed by atoms with Crippen LogP contribution >= 0.6 is 0 Å². The Labute approximate surface area is 182 Å². The molecule has 1 aliphatic rings. The van der Waals surface area contributed by atoms with Gasteiger partial charge in [0.2, 0.25) is 0 Å². The lowest BCUT2D eigenvalue weighted by molar-refractivity contribution is 0.332. The van der Waals surface area contributed by atoms with E-state index in [0.29, 0.717) is 22.8 Å². The van der Waals surface area contributed by atoms with Crippen molar-refractivity contribution in [3.8, 4) is 11.5 Å². The molecule has 0 saturated heterocycles. The Balaban J connectivity index is 1.85. The van der Waals surface area contributed by atoms with Gasteiger partial charge in [-0.25, -0.2) is 8.42 Å². The first-order valence-electron chi connectivity index (χ1n) is 9.81. The van der Waals surface area contributed by atoms with Crippen molar-refractivity contribution < 1.29 is 17.9 Å². The van der Waals surface area contributed by atoms with Crippen LogP contribution in [0.4, 0.5) is 0 Å². The number of ether oxygens (including phenoxy) is 2. The molecule has 0 saturated carbocycles. The van der Waals surface area contributed by atoms with Crippen molar-refractivity contribution in [1.82, 2.24) is 9.84 Å². The number of sulfonamides is 1. The highest BCUT2D eigenvalue weighted by atomic mass is 32.2.